The Balaban J connectivity index is 2.57. The smallest absolute Gasteiger partial charge is 0.0215 e. The number of hydrogen-bond donors (Lipinski definition) is 1. The fourth-order valence-electron chi connectivity index (χ4n) is 3.46. The summed E-state index contributed by atoms with van der Waals surface area (Å²) >= 11 is 0. The number of nitrogens with two attached hydrogens (primary N) is 1. The molecule has 0 aromatic rings. The van der Waals surface area contributed by atoms with E-state index in [2.05, 4.69) is 19.0 Å². The molecule has 0 spiro atoms. The van der Waals surface area contributed by atoms with Crippen LogP contribution in [0.2, 0.25) is 0 Å². The third-order valence-electron chi connectivity index (χ3n) is 4.84. The second-order valence-electron chi connectivity index (χ2n) is 6.34. The van der Waals surface area contributed by atoms with Crippen LogP contribution in [0.25, 0.3) is 0 Å². The Labute approximate surface area is 114 Å². The maximum atomic E-state index is 5.87. The zero-order valence-corrected chi connectivity index (χ0v) is 12.7. The molecule has 0 aromatic heterocycles. The summed E-state index contributed by atoms with van der Waals surface area (Å²) in [4.78, 5) is 2.46. The lowest BCUT2D eigenvalue weighted by Crippen LogP contribution is -2.45. The van der Waals surface area contributed by atoms with Gasteiger partial charge in [-0.05, 0) is 39.9 Å². The van der Waals surface area contributed by atoms with Gasteiger partial charge in [-0.1, -0.05) is 57.8 Å². The van der Waals surface area contributed by atoms with Crippen LogP contribution in [0.5, 0.6) is 0 Å². The summed E-state index contributed by atoms with van der Waals surface area (Å²) in [6, 6.07) is 0. The van der Waals surface area contributed by atoms with Crippen LogP contribution >= 0.6 is 0 Å². The fraction of sp³-hybridized carbons (Fsp3) is 1.00. The number of rotatable bonds is 3. The Kier molecular flexibility index (Phi) is 7.92. The van der Waals surface area contributed by atoms with Gasteiger partial charge in [-0.25, -0.2) is 0 Å². The zero-order chi connectivity index (χ0) is 13.3. The molecule has 2 nitrogen and oxygen atoms in total. The van der Waals surface area contributed by atoms with Crippen LogP contribution in [0, 0.1) is 0 Å². The third-order valence-corrected chi connectivity index (χ3v) is 4.84. The molecule has 0 atom stereocenters. The zero-order valence-electron chi connectivity index (χ0n) is 12.7. The molecular formula is C16H34N2. The highest BCUT2D eigenvalue weighted by Crippen LogP contribution is 2.31. The van der Waals surface area contributed by atoms with E-state index in [0.717, 1.165) is 6.54 Å². The molecule has 0 unspecified atom stereocenters. The van der Waals surface area contributed by atoms with Gasteiger partial charge in [0.2, 0.25) is 0 Å². The predicted octanol–water partition coefficient (Wildman–Crippen LogP) is 3.94. The summed E-state index contributed by atoms with van der Waals surface area (Å²) < 4.78 is 0. The highest BCUT2D eigenvalue weighted by Gasteiger charge is 2.30. The molecule has 108 valence electrons. The van der Waals surface area contributed by atoms with E-state index < -0.39 is 0 Å². The molecule has 2 N–H and O–H groups in total. The second-order valence-corrected chi connectivity index (χ2v) is 6.34. The molecule has 0 aliphatic heterocycles. The van der Waals surface area contributed by atoms with E-state index in [1.807, 2.05) is 0 Å². The topological polar surface area (TPSA) is 29.3 Å². The average molecular weight is 254 g/mol. The van der Waals surface area contributed by atoms with Crippen molar-refractivity contribution in [3.8, 4) is 0 Å². The van der Waals surface area contributed by atoms with E-state index >= 15 is 0 Å². The maximum absolute atomic E-state index is 5.87. The molecule has 18 heavy (non-hydrogen) atoms. The van der Waals surface area contributed by atoms with Crippen LogP contribution in [0.1, 0.15) is 77.0 Å². The van der Waals surface area contributed by atoms with E-state index in [-0.39, 0.29) is 0 Å². The average Bonchev–Trinajstić information content (AvgIpc) is 2.32. The lowest BCUT2D eigenvalue weighted by molar-refractivity contribution is 0.110. The van der Waals surface area contributed by atoms with Gasteiger partial charge in [-0.15, -0.1) is 0 Å². The summed E-state index contributed by atoms with van der Waals surface area (Å²) in [6.07, 6.45) is 16.7. The summed E-state index contributed by atoms with van der Waals surface area (Å²) in [6.45, 7) is 0.832. The lowest BCUT2D eigenvalue weighted by atomic mass is 9.82. The van der Waals surface area contributed by atoms with Crippen molar-refractivity contribution in [3.05, 3.63) is 0 Å². The third kappa shape index (κ3) is 5.27. The van der Waals surface area contributed by atoms with Crippen molar-refractivity contribution in [2.24, 2.45) is 5.73 Å². The van der Waals surface area contributed by atoms with Crippen LogP contribution in [0.3, 0.4) is 0 Å². The van der Waals surface area contributed by atoms with Gasteiger partial charge in [-0.2, -0.15) is 0 Å². The van der Waals surface area contributed by atoms with Crippen molar-refractivity contribution in [3.63, 3.8) is 0 Å². The first kappa shape index (κ1) is 16.0. The van der Waals surface area contributed by atoms with Gasteiger partial charge in [0.15, 0.2) is 0 Å². The highest BCUT2D eigenvalue weighted by molar-refractivity contribution is 4.88. The first-order valence-electron chi connectivity index (χ1n) is 8.09. The Morgan fingerprint density at radius 1 is 0.778 bits per heavy atom. The van der Waals surface area contributed by atoms with E-state index in [0.29, 0.717) is 5.54 Å². The van der Waals surface area contributed by atoms with Crippen LogP contribution < -0.4 is 5.73 Å². The summed E-state index contributed by atoms with van der Waals surface area (Å²) in [5.41, 5.74) is 6.25. The molecule has 0 radical (unpaired) electrons. The summed E-state index contributed by atoms with van der Waals surface area (Å²) in [5.74, 6) is 0. The van der Waals surface area contributed by atoms with Crippen LogP contribution in [0.4, 0.5) is 0 Å². The molecule has 1 aliphatic rings. The normalized spacial score (nSPS) is 23.3. The van der Waals surface area contributed by atoms with Crippen molar-refractivity contribution in [2.45, 2.75) is 82.6 Å². The highest BCUT2D eigenvalue weighted by atomic mass is 15.1. The molecule has 0 bridgehead atoms. The Hall–Kier alpha value is -0.0800. The fourth-order valence-corrected chi connectivity index (χ4v) is 3.46. The van der Waals surface area contributed by atoms with Crippen LogP contribution in [-0.2, 0) is 0 Å². The van der Waals surface area contributed by atoms with Gasteiger partial charge in [0.05, 0.1) is 0 Å². The van der Waals surface area contributed by atoms with Crippen molar-refractivity contribution in [1.29, 1.82) is 0 Å². The van der Waals surface area contributed by atoms with Gasteiger partial charge in [0, 0.05) is 5.54 Å². The lowest BCUT2D eigenvalue weighted by Gasteiger charge is -2.41. The molecule has 0 saturated heterocycles. The minimum Gasteiger partial charge on any atom is -0.330 e. The van der Waals surface area contributed by atoms with Gasteiger partial charge < -0.3 is 10.6 Å². The van der Waals surface area contributed by atoms with E-state index in [4.69, 9.17) is 5.73 Å². The first-order chi connectivity index (χ1) is 8.71. The Morgan fingerprint density at radius 3 is 1.50 bits per heavy atom. The maximum Gasteiger partial charge on any atom is 0.0215 e. The van der Waals surface area contributed by atoms with Gasteiger partial charge in [0.1, 0.15) is 0 Å². The van der Waals surface area contributed by atoms with Crippen molar-refractivity contribution in [2.75, 3.05) is 20.6 Å². The van der Waals surface area contributed by atoms with Gasteiger partial charge in [-0.3, -0.25) is 0 Å². The molecule has 0 aromatic carbocycles. The minimum absolute atomic E-state index is 0.383. The number of nitrogens with zero attached hydrogens (tertiary/aromatic N) is 1. The summed E-state index contributed by atoms with van der Waals surface area (Å²) in [7, 11) is 4.50. The molecule has 0 heterocycles. The van der Waals surface area contributed by atoms with Gasteiger partial charge in [0.25, 0.3) is 0 Å². The van der Waals surface area contributed by atoms with E-state index in [9.17, 15) is 0 Å². The predicted molar refractivity (Wildman–Crippen MR) is 80.9 cm³/mol. The standard InChI is InChI=1S/C16H34N2/c1-18(2)16(14-15-17)12-10-8-6-4-3-5-7-9-11-13-16/h3-15,17H2,1-2H3. The minimum atomic E-state index is 0.383. The Morgan fingerprint density at radius 2 is 1.17 bits per heavy atom. The molecular weight excluding hydrogens is 220 g/mol. The van der Waals surface area contributed by atoms with Crippen molar-refractivity contribution < 1.29 is 0 Å². The monoisotopic (exact) mass is 254 g/mol. The molecule has 1 fully saturated rings. The largest absolute Gasteiger partial charge is 0.330 e. The second kappa shape index (κ2) is 8.92. The van der Waals surface area contributed by atoms with E-state index in [1.54, 1.807) is 0 Å². The quantitative estimate of drug-likeness (QED) is 0.826. The first-order valence-corrected chi connectivity index (χ1v) is 8.09. The molecule has 2 heteroatoms. The van der Waals surface area contributed by atoms with Crippen LogP contribution in [-0.4, -0.2) is 31.1 Å². The molecule has 1 rings (SSSR count). The van der Waals surface area contributed by atoms with Crippen molar-refractivity contribution >= 4 is 0 Å². The number of hydrogen-bond acceptors (Lipinski definition) is 2. The molecule has 1 aliphatic carbocycles. The molecule has 1 saturated carbocycles. The summed E-state index contributed by atoms with van der Waals surface area (Å²) in [5, 5.41) is 0. The Bertz CT molecular complexity index is 189. The van der Waals surface area contributed by atoms with E-state index in [1.165, 1.54) is 77.0 Å². The van der Waals surface area contributed by atoms with Crippen molar-refractivity contribution in [1.82, 2.24) is 4.90 Å². The molecule has 0 amide bonds. The SMILES string of the molecule is CN(C)C1(CCN)CCCCCCCCCCC1. The van der Waals surface area contributed by atoms with Gasteiger partial charge >= 0.3 is 0 Å². The van der Waals surface area contributed by atoms with Crippen LogP contribution in [0.15, 0.2) is 0 Å².